The van der Waals surface area contributed by atoms with Crippen LogP contribution in [0.1, 0.15) is 60.5 Å². The van der Waals surface area contributed by atoms with Gasteiger partial charge in [0.05, 0.1) is 23.2 Å². The molecular weight excluding hydrogens is 511 g/mol. The summed E-state index contributed by atoms with van der Waals surface area (Å²) >= 11 is 0. The van der Waals surface area contributed by atoms with E-state index in [1.807, 2.05) is 27.7 Å². The van der Waals surface area contributed by atoms with Gasteiger partial charge in [-0.15, -0.1) is 0 Å². The molecule has 0 amide bonds. The molecule has 1 aliphatic heterocycles. The van der Waals surface area contributed by atoms with Crippen molar-refractivity contribution in [1.82, 2.24) is 8.87 Å². The highest BCUT2D eigenvalue weighted by Crippen LogP contribution is 2.35. The van der Waals surface area contributed by atoms with E-state index in [0.29, 0.717) is 10.6 Å². The topological polar surface area (TPSA) is 37.7 Å². The van der Waals surface area contributed by atoms with Crippen LogP contribution in [0, 0.1) is 11.2 Å². The van der Waals surface area contributed by atoms with Crippen LogP contribution in [0.25, 0.3) is 10.9 Å². The van der Waals surface area contributed by atoms with Crippen LogP contribution in [0.3, 0.4) is 0 Å². The van der Waals surface area contributed by atoms with Crippen LogP contribution in [0.5, 0.6) is 5.75 Å². The van der Waals surface area contributed by atoms with Gasteiger partial charge in [-0.1, -0.05) is 48.5 Å². The van der Waals surface area contributed by atoms with Gasteiger partial charge in [0.2, 0.25) is 0 Å². The Bertz CT molecular complexity index is 1200. The standard InChI is InChI=1S/C25H30F3N3O2S.2C2H6/c1-25(2,3)16-29-9-11-30(12-10-29)22-14-18(6-8-23(22)33-4)34(32)31-15-20(24(27)28)19-7-5-17(26)13-21(19)31;2*1-2/h5-8,13-15,24H,9-12,16H2,1-4H3;2*1-2H3. The van der Waals surface area contributed by atoms with E-state index < -0.39 is 23.2 Å². The van der Waals surface area contributed by atoms with Crippen molar-refractivity contribution in [3.8, 4) is 5.75 Å². The quantitative estimate of drug-likeness (QED) is 0.316. The Labute approximate surface area is 228 Å². The van der Waals surface area contributed by atoms with Crippen LogP contribution in [0.4, 0.5) is 18.9 Å². The number of hydrogen-bond donors (Lipinski definition) is 0. The first-order valence-corrected chi connectivity index (χ1v) is 14.3. The molecule has 0 N–H and O–H groups in total. The summed E-state index contributed by atoms with van der Waals surface area (Å²) in [4.78, 5) is 5.04. The van der Waals surface area contributed by atoms with E-state index in [1.54, 1.807) is 25.3 Å². The fourth-order valence-corrected chi connectivity index (χ4v) is 5.63. The van der Waals surface area contributed by atoms with Gasteiger partial charge in [-0.2, -0.15) is 0 Å². The van der Waals surface area contributed by atoms with Gasteiger partial charge in [0.15, 0.2) is 11.0 Å². The largest absolute Gasteiger partial charge is 0.495 e. The Kier molecular flexibility index (Phi) is 11.7. The summed E-state index contributed by atoms with van der Waals surface area (Å²) in [7, 11) is -0.261. The molecule has 5 nitrogen and oxygen atoms in total. The molecule has 1 aliphatic rings. The molecule has 0 spiro atoms. The summed E-state index contributed by atoms with van der Waals surface area (Å²) in [6, 6.07) is 8.74. The molecular formula is C29H42F3N3O2S. The average Bonchev–Trinajstić information content (AvgIpc) is 3.29. The lowest BCUT2D eigenvalue weighted by Crippen LogP contribution is -2.48. The molecule has 1 aromatic heterocycles. The molecule has 9 heteroatoms. The molecule has 1 saturated heterocycles. The number of fused-ring (bicyclic) bond motifs is 1. The van der Waals surface area contributed by atoms with E-state index in [4.69, 9.17) is 4.74 Å². The monoisotopic (exact) mass is 553 g/mol. The summed E-state index contributed by atoms with van der Waals surface area (Å²) in [5.74, 6) is 0.0786. The number of methoxy groups -OCH3 is 1. The van der Waals surface area contributed by atoms with E-state index in [0.717, 1.165) is 56.7 Å². The predicted molar refractivity (Wildman–Crippen MR) is 152 cm³/mol. The molecule has 1 atom stereocenters. The zero-order valence-electron chi connectivity index (χ0n) is 23.9. The Hall–Kier alpha value is -2.52. The lowest BCUT2D eigenvalue weighted by Gasteiger charge is -2.39. The maximum absolute atomic E-state index is 13.9. The van der Waals surface area contributed by atoms with Crippen LogP contribution in [-0.4, -0.2) is 52.9 Å². The number of rotatable bonds is 6. The van der Waals surface area contributed by atoms with Gasteiger partial charge < -0.3 is 9.64 Å². The average molecular weight is 554 g/mol. The third kappa shape index (κ3) is 7.53. The third-order valence-corrected chi connectivity index (χ3v) is 7.26. The second kappa shape index (κ2) is 14.0. The van der Waals surface area contributed by atoms with Crippen LogP contribution >= 0.6 is 0 Å². The highest BCUT2D eigenvalue weighted by Gasteiger charge is 2.25. The minimum Gasteiger partial charge on any atom is -0.495 e. The van der Waals surface area contributed by atoms with Crippen LogP contribution in [0.2, 0.25) is 0 Å². The molecule has 212 valence electrons. The van der Waals surface area contributed by atoms with E-state index in [1.165, 1.54) is 10.0 Å². The lowest BCUT2D eigenvalue weighted by molar-refractivity contribution is 0.153. The second-order valence-corrected chi connectivity index (χ2v) is 11.1. The number of anilines is 1. The van der Waals surface area contributed by atoms with Gasteiger partial charge in [0.25, 0.3) is 6.43 Å². The van der Waals surface area contributed by atoms with Crippen molar-refractivity contribution in [3.05, 3.63) is 54.0 Å². The maximum atomic E-state index is 13.9. The summed E-state index contributed by atoms with van der Waals surface area (Å²) < 4.78 is 61.3. The smallest absolute Gasteiger partial charge is 0.265 e. The fraction of sp³-hybridized carbons (Fsp3) is 0.517. The minimum atomic E-state index is -2.76. The lowest BCUT2D eigenvalue weighted by atomic mass is 9.96. The first-order valence-electron chi connectivity index (χ1n) is 13.2. The Balaban J connectivity index is 0.00000121. The number of ether oxygens (including phenoxy) is 1. The number of piperazine rings is 1. The molecule has 1 unspecified atom stereocenters. The van der Waals surface area contributed by atoms with E-state index >= 15 is 0 Å². The molecule has 2 aromatic carbocycles. The predicted octanol–water partition coefficient (Wildman–Crippen LogP) is 7.52. The van der Waals surface area contributed by atoms with Gasteiger partial charge >= 0.3 is 0 Å². The van der Waals surface area contributed by atoms with E-state index in [2.05, 4.69) is 30.6 Å². The summed E-state index contributed by atoms with van der Waals surface area (Å²) in [5, 5.41) is 0.188. The number of nitrogens with zero attached hydrogens (tertiary/aromatic N) is 3. The van der Waals surface area contributed by atoms with Crippen LogP contribution < -0.4 is 9.64 Å². The molecule has 0 radical (unpaired) electrons. The fourth-order valence-electron chi connectivity index (χ4n) is 4.46. The second-order valence-electron chi connectivity index (χ2n) is 9.78. The highest BCUT2D eigenvalue weighted by atomic mass is 32.2. The zero-order chi connectivity index (χ0) is 28.6. The van der Waals surface area contributed by atoms with Gasteiger partial charge in [-0.05, 0) is 41.8 Å². The Morgan fingerprint density at radius 2 is 1.61 bits per heavy atom. The van der Waals surface area contributed by atoms with Crippen LogP contribution in [0.15, 0.2) is 47.5 Å². The Morgan fingerprint density at radius 1 is 0.974 bits per heavy atom. The SMILES string of the molecule is CC.CC.COc1ccc(S(=O)n2cc(C(F)F)c3ccc(F)cc32)cc1N1CCN(CC(C)(C)C)CC1. The van der Waals surface area contributed by atoms with Crippen molar-refractivity contribution in [2.75, 3.05) is 44.7 Å². The van der Waals surface area contributed by atoms with Crippen molar-refractivity contribution < 1.29 is 22.1 Å². The first-order chi connectivity index (χ1) is 18.1. The normalized spacial score (nSPS) is 15.0. The number of aromatic nitrogens is 1. The molecule has 0 bridgehead atoms. The summed E-state index contributed by atoms with van der Waals surface area (Å²) in [5.41, 5.74) is 0.918. The van der Waals surface area contributed by atoms with Gasteiger partial charge in [-0.25, -0.2) is 17.4 Å². The van der Waals surface area contributed by atoms with Crippen molar-refractivity contribution in [3.63, 3.8) is 0 Å². The molecule has 0 saturated carbocycles. The molecule has 38 heavy (non-hydrogen) atoms. The molecule has 4 rings (SSSR count). The summed E-state index contributed by atoms with van der Waals surface area (Å²) in [6.07, 6.45) is -1.61. The van der Waals surface area contributed by atoms with Gasteiger partial charge in [0, 0.05) is 49.9 Å². The van der Waals surface area contributed by atoms with Crippen molar-refractivity contribution in [1.29, 1.82) is 0 Å². The van der Waals surface area contributed by atoms with Crippen molar-refractivity contribution >= 4 is 27.6 Å². The minimum absolute atomic E-state index is 0.168. The molecule has 1 fully saturated rings. The van der Waals surface area contributed by atoms with Gasteiger partial charge in [-0.3, -0.25) is 8.87 Å². The number of halogens is 3. The number of alkyl halides is 2. The highest BCUT2D eigenvalue weighted by molar-refractivity contribution is 7.83. The van der Waals surface area contributed by atoms with E-state index in [-0.39, 0.29) is 21.9 Å². The summed E-state index contributed by atoms with van der Waals surface area (Å²) in [6.45, 7) is 19.0. The molecule has 3 aromatic rings. The van der Waals surface area contributed by atoms with Crippen molar-refractivity contribution in [2.45, 2.75) is 59.8 Å². The van der Waals surface area contributed by atoms with Crippen molar-refractivity contribution in [2.24, 2.45) is 5.41 Å². The molecule has 0 aliphatic carbocycles. The zero-order valence-corrected chi connectivity index (χ0v) is 24.7. The van der Waals surface area contributed by atoms with Crippen LogP contribution in [-0.2, 0) is 11.0 Å². The van der Waals surface area contributed by atoms with Gasteiger partial charge in [0.1, 0.15) is 11.6 Å². The first kappa shape index (κ1) is 31.7. The number of hydrogen-bond acceptors (Lipinski definition) is 4. The Morgan fingerprint density at radius 3 is 2.16 bits per heavy atom. The van der Waals surface area contributed by atoms with E-state index in [9.17, 15) is 17.4 Å². The maximum Gasteiger partial charge on any atom is 0.265 e. The molecule has 2 heterocycles. The third-order valence-electron chi connectivity index (χ3n) is 5.94. The number of benzene rings is 2.